The molecular formula is C12H14FN5. The lowest BCUT2D eigenvalue weighted by Crippen LogP contribution is -2.16. The Hall–Kier alpha value is -2.34. The third kappa shape index (κ3) is 2.86. The fraction of sp³-hybridized carbons (Fsp3) is 0.0833. The zero-order valence-corrected chi connectivity index (χ0v) is 9.65. The average Bonchev–Trinajstić information content (AvgIpc) is 2.81. The molecule has 2 aromatic rings. The van der Waals surface area contributed by atoms with Crippen molar-refractivity contribution in [3.8, 4) is 0 Å². The number of hydrogen-bond acceptors (Lipinski definition) is 4. The van der Waals surface area contributed by atoms with Crippen molar-refractivity contribution in [1.29, 1.82) is 0 Å². The molecule has 0 saturated heterocycles. The van der Waals surface area contributed by atoms with Crippen LogP contribution in [0.2, 0.25) is 0 Å². The number of benzene rings is 1. The van der Waals surface area contributed by atoms with Crippen LogP contribution in [0, 0.1) is 5.82 Å². The highest BCUT2D eigenvalue weighted by Crippen LogP contribution is 2.12. The van der Waals surface area contributed by atoms with Crippen molar-refractivity contribution in [2.75, 3.05) is 0 Å². The molecule has 0 atom stereocenters. The number of hydrazine groups is 1. The molecule has 0 saturated carbocycles. The molecule has 94 valence electrons. The van der Waals surface area contributed by atoms with Gasteiger partial charge in [0.15, 0.2) is 0 Å². The number of aromatic nitrogens is 2. The molecule has 1 heterocycles. The smallest absolute Gasteiger partial charge is 0.123 e. The van der Waals surface area contributed by atoms with Gasteiger partial charge in [-0.15, -0.1) is 0 Å². The summed E-state index contributed by atoms with van der Waals surface area (Å²) >= 11 is 0. The predicted octanol–water partition coefficient (Wildman–Crippen LogP) is 0.860. The van der Waals surface area contributed by atoms with Gasteiger partial charge < -0.3 is 11.2 Å². The number of H-pyrrole nitrogens is 1. The number of aromatic amines is 1. The molecule has 0 bridgehead atoms. The first-order valence-electron chi connectivity index (χ1n) is 5.40. The monoisotopic (exact) mass is 247 g/mol. The normalized spacial score (nSPS) is 11.6. The number of nitrogens with zero attached hydrogens (tertiary/aromatic N) is 1. The van der Waals surface area contributed by atoms with E-state index in [4.69, 9.17) is 11.6 Å². The lowest BCUT2D eigenvalue weighted by atomic mass is 10.1. The fourth-order valence-electron chi connectivity index (χ4n) is 1.59. The van der Waals surface area contributed by atoms with Gasteiger partial charge in [-0.3, -0.25) is 10.9 Å². The highest BCUT2D eigenvalue weighted by Gasteiger charge is 2.04. The Balaban J connectivity index is 2.11. The van der Waals surface area contributed by atoms with Gasteiger partial charge in [0.1, 0.15) is 11.5 Å². The van der Waals surface area contributed by atoms with Crippen molar-refractivity contribution in [3.63, 3.8) is 0 Å². The van der Waals surface area contributed by atoms with Crippen LogP contribution in [0.1, 0.15) is 17.0 Å². The Kier molecular flexibility index (Phi) is 3.59. The lowest BCUT2D eigenvalue weighted by molar-refractivity contribution is 0.627. The van der Waals surface area contributed by atoms with E-state index in [-0.39, 0.29) is 5.82 Å². The first-order chi connectivity index (χ1) is 8.69. The van der Waals surface area contributed by atoms with Gasteiger partial charge in [0, 0.05) is 18.3 Å². The maximum atomic E-state index is 12.8. The molecule has 18 heavy (non-hydrogen) atoms. The van der Waals surface area contributed by atoms with Gasteiger partial charge in [-0.1, -0.05) is 12.1 Å². The summed E-state index contributed by atoms with van der Waals surface area (Å²) in [5, 5.41) is 6.94. The van der Waals surface area contributed by atoms with Crippen LogP contribution in [-0.2, 0) is 6.42 Å². The number of nitrogens with two attached hydrogens (primary N) is 2. The Morgan fingerprint density at radius 2 is 2.11 bits per heavy atom. The van der Waals surface area contributed by atoms with Gasteiger partial charge in [0.25, 0.3) is 0 Å². The molecule has 0 aliphatic carbocycles. The molecule has 2 rings (SSSR count). The average molecular weight is 247 g/mol. The number of hydrogen-bond donors (Lipinski definition) is 4. The quantitative estimate of drug-likeness (QED) is 0.476. The molecule has 1 aromatic carbocycles. The topological polar surface area (TPSA) is 92.7 Å². The summed E-state index contributed by atoms with van der Waals surface area (Å²) in [5.74, 6) is 4.89. The summed E-state index contributed by atoms with van der Waals surface area (Å²) in [6.07, 6.45) is 2.09. The van der Waals surface area contributed by atoms with E-state index in [2.05, 4.69) is 15.6 Å². The molecule has 0 fully saturated rings. The Labute approximate surface area is 104 Å². The van der Waals surface area contributed by atoms with Crippen LogP contribution in [0.25, 0.3) is 5.70 Å². The van der Waals surface area contributed by atoms with E-state index in [1.165, 1.54) is 18.3 Å². The van der Waals surface area contributed by atoms with Crippen molar-refractivity contribution < 1.29 is 4.39 Å². The van der Waals surface area contributed by atoms with Crippen molar-refractivity contribution >= 4 is 5.70 Å². The van der Waals surface area contributed by atoms with E-state index >= 15 is 0 Å². The summed E-state index contributed by atoms with van der Waals surface area (Å²) < 4.78 is 12.8. The third-order valence-electron chi connectivity index (χ3n) is 2.47. The minimum absolute atomic E-state index is 0.245. The first-order valence-corrected chi connectivity index (χ1v) is 5.40. The maximum absolute atomic E-state index is 12.8. The Bertz CT molecular complexity index is 544. The minimum Gasteiger partial charge on any atom is -0.396 e. The van der Waals surface area contributed by atoms with Gasteiger partial charge in [-0.05, 0) is 23.8 Å². The zero-order valence-electron chi connectivity index (χ0n) is 9.65. The molecule has 0 spiro atoms. The summed E-state index contributed by atoms with van der Waals surface area (Å²) in [5.41, 5.74) is 11.0. The number of halogens is 1. The molecule has 0 amide bonds. The molecule has 6 N–H and O–H groups in total. The van der Waals surface area contributed by atoms with Crippen LogP contribution in [0.4, 0.5) is 4.39 Å². The van der Waals surface area contributed by atoms with Crippen LogP contribution >= 0.6 is 0 Å². The van der Waals surface area contributed by atoms with Crippen molar-refractivity contribution in [2.45, 2.75) is 6.42 Å². The van der Waals surface area contributed by atoms with Gasteiger partial charge in [0.2, 0.25) is 0 Å². The maximum Gasteiger partial charge on any atom is 0.123 e. The summed E-state index contributed by atoms with van der Waals surface area (Å²) in [6.45, 7) is 0. The summed E-state index contributed by atoms with van der Waals surface area (Å²) in [6, 6.07) is 8.15. The Morgan fingerprint density at radius 3 is 2.78 bits per heavy atom. The van der Waals surface area contributed by atoms with E-state index in [9.17, 15) is 4.39 Å². The second kappa shape index (κ2) is 5.33. The van der Waals surface area contributed by atoms with Crippen molar-refractivity contribution in [2.24, 2.45) is 11.6 Å². The minimum atomic E-state index is -0.245. The molecule has 0 radical (unpaired) electrons. The lowest BCUT2D eigenvalue weighted by Gasteiger charge is -1.97. The third-order valence-corrected chi connectivity index (χ3v) is 2.47. The van der Waals surface area contributed by atoms with Gasteiger partial charge in [0.05, 0.1) is 5.70 Å². The molecule has 1 aromatic heterocycles. The largest absolute Gasteiger partial charge is 0.396 e. The molecular weight excluding hydrogens is 233 g/mol. The van der Waals surface area contributed by atoms with Crippen LogP contribution in [0.15, 0.2) is 36.5 Å². The van der Waals surface area contributed by atoms with Crippen LogP contribution in [-0.4, -0.2) is 10.2 Å². The molecule has 0 aliphatic rings. The Morgan fingerprint density at radius 1 is 1.39 bits per heavy atom. The zero-order chi connectivity index (χ0) is 13.0. The highest BCUT2D eigenvalue weighted by atomic mass is 19.1. The number of rotatable bonds is 4. The van der Waals surface area contributed by atoms with Crippen molar-refractivity contribution in [1.82, 2.24) is 15.6 Å². The SMILES string of the molecule is NN/C=C(\N)c1cc(Cc2ccc(F)cc2)[nH]n1. The summed E-state index contributed by atoms with van der Waals surface area (Å²) in [7, 11) is 0. The van der Waals surface area contributed by atoms with E-state index in [0.29, 0.717) is 17.8 Å². The van der Waals surface area contributed by atoms with E-state index in [1.54, 1.807) is 12.1 Å². The van der Waals surface area contributed by atoms with Crippen LogP contribution in [0.5, 0.6) is 0 Å². The van der Waals surface area contributed by atoms with Crippen LogP contribution < -0.4 is 17.0 Å². The summed E-state index contributed by atoms with van der Waals surface area (Å²) in [4.78, 5) is 0. The molecule has 0 unspecified atom stereocenters. The molecule has 0 aliphatic heterocycles. The van der Waals surface area contributed by atoms with Crippen LogP contribution in [0.3, 0.4) is 0 Å². The second-order valence-electron chi connectivity index (χ2n) is 3.85. The second-order valence-corrected chi connectivity index (χ2v) is 3.85. The fourth-order valence-corrected chi connectivity index (χ4v) is 1.59. The van der Waals surface area contributed by atoms with E-state index in [0.717, 1.165) is 11.3 Å². The highest BCUT2D eigenvalue weighted by molar-refractivity contribution is 5.58. The first kappa shape index (κ1) is 12.1. The van der Waals surface area contributed by atoms with Gasteiger partial charge >= 0.3 is 0 Å². The van der Waals surface area contributed by atoms with Crippen molar-refractivity contribution in [3.05, 3.63) is 59.3 Å². The van der Waals surface area contributed by atoms with E-state index in [1.807, 2.05) is 6.07 Å². The molecule has 5 nitrogen and oxygen atoms in total. The predicted molar refractivity (Wildman–Crippen MR) is 67.3 cm³/mol. The number of nitrogens with one attached hydrogen (secondary N) is 2. The van der Waals surface area contributed by atoms with E-state index < -0.39 is 0 Å². The molecule has 6 heteroatoms. The van der Waals surface area contributed by atoms with Gasteiger partial charge in [-0.2, -0.15) is 5.10 Å². The standard InChI is InChI=1S/C12H14FN5/c13-9-3-1-8(2-4-9)5-10-6-12(18-17-10)11(14)7-16-15/h1-4,6-7,16H,5,14-15H2,(H,17,18)/b11-7-. The van der Waals surface area contributed by atoms with Gasteiger partial charge in [-0.25, -0.2) is 4.39 Å².